The van der Waals surface area contributed by atoms with E-state index in [0.717, 1.165) is 19.2 Å². The zero-order valence-electron chi connectivity index (χ0n) is 19.5. The van der Waals surface area contributed by atoms with Crippen LogP contribution in [0.3, 0.4) is 0 Å². The Morgan fingerprint density at radius 3 is 2.32 bits per heavy atom. The van der Waals surface area contributed by atoms with Crippen LogP contribution in [-0.2, 0) is 15.7 Å². The van der Waals surface area contributed by atoms with Gasteiger partial charge in [-0.1, -0.05) is 23.2 Å². The van der Waals surface area contributed by atoms with Crippen molar-refractivity contribution >= 4 is 52.7 Å². The van der Waals surface area contributed by atoms with Gasteiger partial charge in [-0.3, -0.25) is 9.69 Å². The molecule has 3 rings (SSSR count). The lowest BCUT2D eigenvalue weighted by Crippen LogP contribution is -2.47. The first-order valence-corrected chi connectivity index (χ1v) is 11.0. The van der Waals surface area contributed by atoms with Gasteiger partial charge < -0.3 is 9.64 Å². The molecule has 200 valence electrons. The number of carbonyl (C=O) groups excluding carboxylic acids is 3. The Labute approximate surface area is 216 Å². The summed E-state index contributed by atoms with van der Waals surface area (Å²) in [6.07, 6.45) is -6.20. The molecule has 0 spiro atoms. The second-order valence-corrected chi connectivity index (χ2v) is 9.49. The maximum atomic E-state index is 14.6. The maximum Gasteiger partial charge on any atom is 0.419 e. The highest BCUT2D eigenvalue weighted by molar-refractivity contribution is 6.31. The standard InChI is InChI=1S/C21H18Cl2F5N5O4/c1-20(2,3)37-19(36)32-8-12(17(34)31(4)11-6-5-10(24)14(22)15(11)25)33(18(32)35)13-7-9(21(26,27)28)16(23)30-29-13/h5-7,12H,8H2,1-4H3/t12-/m0/s1. The molecule has 1 aliphatic heterocycles. The number of ether oxygens (including phenoxy) is 1. The van der Waals surface area contributed by atoms with Crippen LogP contribution in [-0.4, -0.2) is 58.4 Å². The second kappa shape index (κ2) is 9.89. The van der Waals surface area contributed by atoms with Crippen LogP contribution in [0.4, 0.5) is 43.0 Å². The van der Waals surface area contributed by atoms with E-state index in [0.29, 0.717) is 20.8 Å². The highest BCUT2D eigenvalue weighted by Gasteiger charge is 2.49. The second-order valence-electron chi connectivity index (χ2n) is 8.76. The minimum atomic E-state index is -5.00. The zero-order chi connectivity index (χ0) is 28.0. The van der Waals surface area contributed by atoms with Crippen molar-refractivity contribution in [2.24, 2.45) is 0 Å². The van der Waals surface area contributed by atoms with Gasteiger partial charge in [-0.25, -0.2) is 23.3 Å². The number of imide groups is 1. The molecule has 0 saturated carbocycles. The maximum absolute atomic E-state index is 14.6. The van der Waals surface area contributed by atoms with Gasteiger partial charge in [0.2, 0.25) is 0 Å². The number of aromatic nitrogens is 2. The monoisotopic (exact) mass is 569 g/mol. The number of anilines is 2. The summed E-state index contributed by atoms with van der Waals surface area (Å²) < 4.78 is 73.6. The molecule has 16 heteroatoms. The van der Waals surface area contributed by atoms with Crippen LogP contribution in [0.2, 0.25) is 10.2 Å². The molecule has 2 heterocycles. The van der Waals surface area contributed by atoms with Gasteiger partial charge in [0.25, 0.3) is 5.91 Å². The third-order valence-electron chi connectivity index (χ3n) is 5.00. The normalized spacial score (nSPS) is 16.3. The van der Waals surface area contributed by atoms with E-state index in [1.165, 1.54) is 20.8 Å². The molecular formula is C21H18Cl2F5N5O4. The molecule has 0 unspecified atom stereocenters. The van der Waals surface area contributed by atoms with Crippen LogP contribution in [0.5, 0.6) is 0 Å². The van der Waals surface area contributed by atoms with Gasteiger partial charge in [0.1, 0.15) is 22.5 Å². The number of halogens is 7. The Morgan fingerprint density at radius 2 is 1.76 bits per heavy atom. The summed E-state index contributed by atoms with van der Waals surface area (Å²) in [5.74, 6) is -4.25. The fourth-order valence-electron chi connectivity index (χ4n) is 3.31. The molecule has 1 saturated heterocycles. The van der Waals surface area contributed by atoms with Crippen molar-refractivity contribution in [2.75, 3.05) is 23.4 Å². The number of alkyl halides is 3. The minimum Gasteiger partial charge on any atom is -0.443 e. The van der Waals surface area contributed by atoms with E-state index in [1.807, 2.05) is 0 Å². The Bertz CT molecular complexity index is 1270. The van der Waals surface area contributed by atoms with Crippen LogP contribution in [0, 0.1) is 11.6 Å². The fourth-order valence-corrected chi connectivity index (χ4v) is 3.67. The molecule has 1 aromatic heterocycles. The van der Waals surface area contributed by atoms with Gasteiger partial charge in [-0.2, -0.15) is 13.2 Å². The Balaban J connectivity index is 2.09. The van der Waals surface area contributed by atoms with Crippen LogP contribution in [0.15, 0.2) is 18.2 Å². The van der Waals surface area contributed by atoms with Crippen molar-refractivity contribution < 1.29 is 41.1 Å². The molecular weight excluding hydrogens is 552 g/mol. The van der Waals surface area contributed by atoms with E-state index < -0.39 is 81.3 Å². The van der Waals surface area contributed by atoms with E-state index in [9.17, 15) is 36.3 Å². The van der Waals surface area contributed by atoms with Crippen LogP contribution in [0.1, 0.15) is 26.3 Å². The van der Waals surface area contributed by atoms with Gasteiger partial charge in [-0.05, 0) is 39.0 Å². The molecule has 2 aromatic rings. The molecule has 1 aliphatic rings. The molecule has 4 amide bonds. The quantitative estimate of drug-likeness (QED) is 0.368. The van der Waals surface area contributed by atoms with Crippen LogP contribution in [0.25, 0.3) is 0 Å². The molecule has 37 heavy (non-hydrogen) atoms. The van der Waals surface area contributed by atoms with Gasteiger partial charge in [-0.15, -0.1) is 10.2 Å². The third-order valence-corrected chi connectivity index (χ3v) is 5.62. The Hall–Kier alpha value is -3.26. The first-order chi connectivity index (χ1) is 16.9. The molecule has 0 N–H and O–H groups in total. The van der Waals surface area contributed by atoms with Crippen molar-refractivity contribution in [3.05, 3.63) is 45.6 Å². The summed E-state index contributed by atoms with van der Waals surface area (Å²) in [6.45, 7) is 3.79. The largest absolute Gasteiger partial charge is 0.443 e. The predicted octanol–water partition coefficient (Wildman–Crippen LogP) is 5.29. The lowest BCUT2D eigenvalue weighted by molar-refractivity contribution is -0.137. The summed E-state index contributed by atoms with van der Waals surface area (Å²) in [5.41, 5.74) is -3.03. The summed E-state index contributed by atoms with van der Waals surface area (Å²) in [4.78, 5) is 40.8. The molecule has 0 radical (unpaired) electrons. The number of urea groups is 1. The molecule has 1 fully saturated rings. The number of hydrogen-bond acceptors (Lipinski definition) is 6. The van der Waals surface area contributed by atoms with E-state index >= 15 is 0 Å². The van der Waals surface area contributed by atoms with E-state index in [2.05, 4.69) is 10.2 Å². The topological polar surface area (TPSA) is 95.9 Å². The number of benzene rings is 1. The number of nitrogens with zero attached hydrogens (tertiary/aromatic N) is 5. The van der Waals surface area contributed by atoms with Gasteiger partial charge in [0.05, 0.1) is 17.8 Å². The van der Waals surface area contributed by atoms with Crippen LogP contribution < -0.4 is 9.80 Å². The van der Waals surface area contributed by atoms with Crippen molar-refractivity contribution in [1.82, 2.24) is 15.1 Å². The zero-order valence-corrected chi connectivity index (χ0v) is 21.0. The van der Waals surface area contributed by atoms with Crippen molar-refractivity contribution in [2.45, 2.75) is 38.6 Å². The SMILES string of the molecule is CN(C(=O)[C@@H]1CN(C(=O)OC(C)(C)C)C(=O)N1c1cc(C(F)(F)F)c(Cl)nn1)c1ccc(F)c(Cl)c1F. The average molecular weight is 570 g/mol. The summed E-state index contributed by atoms with van der Waals surface area (Å²) in [6, 6.07) is -0.921. The number of rotatable bonds is 3. The fraction of sp³-hybridized carbons (Fsp3) is 0.381. The minimum absolute atomic E-state index is 0.376. The Kier molecular flexibility index (Phi) is 7.57. The third kappa shape index (κ3) is 5.69. The van der Waals surface area contributed by atoms with Gasteiger partial charge >= 0.3 is 18.3 Å². The van der Waals surface area contributed by atoms with Crippen LogP contribution >= 0.6 is 23.2 Å². The van der Waals surface area contributed by atoms with E-state index in [-0.39, 0.29) is 0 Å². The predicted molar refractivity (Wildman–Crippen MR) is 121 cm³/mol. The number of hydrogen-bond donors (Lipinski definition) is 0. The van der Waals surface area contributed by atoms with E-state index in [1.54, 1.807) is 0 Å². The van der Waals surface area contributed by atoms with Gasteiger partial charge in [0.15, 0.2) is 16.8 Å². The lowest BCUT2D eigenvalue weighted by atomic mass is 10.2. The van der Waals surface area contributed by atoms with E-state index in [4.69, 9.17) is 27.9 Å². The highest BCUT2D eigenvalue weighted by atomic mass is 35.5. The highest BCUT2D eigenvalue weighted by Crippen LogP contribution is 2.37. The molecule has 1 atom stereocenters. The molecule has 9 nitrogen and oxygen atoms in total. The molecule has 0 aliphatic carbocycles. The first kappa shape index (κ1) is 28.3. The molecule has 1 aromatic carbocycles. The average Bonchev–Trinajstić information content (AvgIpc) is 3.12. The van der Waals surface area contributed by atoms with Crippen molar-refractivity contribution in [3.8, 4) is 0 Å². The number of carbonyl (C=O) groups is 3. The lowest BCUT2D eigenvalue weighted by Gasteiger charge is -2.26. The Morgan fingerprint density at radius 1 is 1.14 bits per heavy atom. The smallest absolute Gasteiger partial charge is 0.419 e. The van der Waals surface area contributed by atoms with Crippen molar-refractivity contribution in [3.63, 3.8) is 0 Å². The first-order valence-electron chi connectivity index (χ1n) is 10.3. The number of likely N-dealkylation sites (N-methyl/N-ethyl adjacent to an activating group) is 1. The molecule has 0 bridgehead atoms. The number of amides is 4. The summed E-state index contributed by atoms with van der Waals surface area (Å²) in [7, 11) is 1.06. The summed E-state index contributed by atoms with van der Waals surface area (Å²) >= 11 is 11.1. The van der Waals surface area contributed by atoms with Crippen molar-refractivity contribution in [1.29, 1.82) is 0 Å². The van der Waals surface area contributed by atoms with Gasteiger partial charge in [0, 0.05) is 7.05 Å². The summed E-state index contributed by atoms with van der Waals surface area (Å²) in [5, 5.41) is 4.77.